The number of rotatable bonds is 4. The standard InChI is InChI=1S/C13H20N2O2/c1-4-12-11(13(16)17-3)7-14-15(12)8-10-5-9(2)6-10/h7,9-10H,4-6,8H2,1-3H3. The van der Waals surface area contributed by atoms with Crippen molar-refractivity contribution in [1.29, 1.82) is 0 Å². The van der Waals surface area contributed by atoms with Crippen molar-refractivity contribution in [2.45, 2.75) is 39.7 Å². The first kappa shape index (κ1) is 12.1. The topological polar surface area (TPSA) is 44.1 Å². The Morgan fingerprint density at radius 2 is 2.29 bits per heavy atom. The van der Waals surface area contributed by atoms with Crippen molar-refractivity contribution in [2.24, 2.45) is 11.8 Å². The maximum Gasteiger partial charge on any atom is 0.341 e. The molecule has 1 fully saturated rings. The molecule has 0 atom stereocenters. The van der Waals surface area contributed by atoms with Gasteiger partial charge in [-0.2, -0.15) is 5.10 Å². The van der Waals surface area contributed by atoms with Crippen LogP contribution in [0.1, 0.15) is 42.7 Å². The van der Waals surface area contributed by atoms with Gasteiger partial charge in [-0.25, -0.2) is 4.79 Å². The zero-order valence-corrected chi connectivity index (χ0v) is 10.8. The smallest absolute Gasteiger partial charge is 0.341 e. The molecular weight excluding hydrogens is 216 g/mol. The number of hydrogen-bond acceptors (Lipinski definition) is 3. The van der Waals surface area contributed by atoms with E-state index >= 15 is 0 Å². The third-order valence-corrected chi connectivity index (χ3v) is 3.59. The Morgan fingerprint density at radius 1 is 1.59 bits per heavy atom. The summed E-state index contributed by atoms with van der Waals surface area (Å²) in [5, 5.41) is 4.32. The molecule has 1 aliphatic rings. The van der Waals surface area contributed by atoms with Gasteiger partial charge < -0.3 is 4.74 Å². The Morgan fingerprint density at radius 3 is 2.82 bits per heavy atom. The van der Waals surface area contributed by atoms with Gasteiger partial charge in [0.05, 0.1) is 19.0 Å². The van der Waals surface area contributed by atoms with Crippen molar-refractivity contribution in [3.8, 4) is 0 Å². The molecule has 1 aliphatic carbocycles. The van der Waals surface area contributed by atoms with Gasteiger partial charge in [-0.05, 0) is 31.1 Å². The lowest BCUT2D eigenvalue weighted by Gasteiger charge is -2.32. The lowest BCUT2D eigenvalue weighted by molar-refractivity contribution is 0.0599. The highest BCUT2D eigenvalue weighted by molar-refractivity contribution is 5.90. The minimum atomic E-state index is -0.282. The van der Waals surface area contributed by atoms with Crippen LogP contribution in [0.4, 0.5) is 0 Å². The fourth-order valence-electron chi connectivity index (χ4n) is 2.68. The van der Waals surface area contributed by atoms with Crippen LogP contribution in [-0.2, 0) is 17.7 Å². The second-order valence-corrected chi connectivity index (χ2v) is 4.97. The maximum absolute atomic E-state index is 11.6. The van der Waals surface area contributed by atoms with Gasteiger partial charge in [0.15, 0.2) is 0 Å². The molecule has 0 aromatic carbocycles. The molecule has 94 valence electrons. The van der Waals surface area contributed by atoms with E-state index < -0.39 is 0 Å². The van der Waals surface area contributed by atoms with Crippen LogP contribution in [0.2, 0.25) is 0 Å². The molecule has 1 heterocycles. The predicted molar refractivity (Wildman–Crippen MR) is 64.8 cm³/mol. The predicted octanol–water partition coefficient (Wildman–Crippen LogP) is 2.28. The number of carbonyl (C=O) groups is 1. The van der Waals surface area contributed by atoms with Gasteiger partial charge in [0.25, 0.3) is 0 Å². The molecule has 0 N–H and O–H groups in total. The molecule has 0 radical (unpaired) electrons. The molecule has 2 rings (SSSR count). The van der Waals surface area contributed by atoms with Crippen LogP contribution < -0.4 is 0 Å². The van der Waals surface area contributed by atoms with Crippen LogP contribution in [-0.4, -0.2) is 22.9 Å². The second kappa shape index (κ2) is 4.90. The van der Waals surface area contributed by atoms with Crippen LogP contribution >= 0.6 is 0 Å². The highest BCUT2D eigenvalue weighted by Crippen LogP contribution is 2.34. The van der Waals surface area contributed by atoms with Crippen LogP contribution in [0.5, 0.6) is 0 Å². The lowest BCUT2D eigenvalue weighted by atomic mass is 9.76. The lowest BCUT2D eigenvalue weighted by Crippen LogP contribution is -2.26. The van der Waals surface area contributed by atoms with E-state index in [1.165, 1.54) is 20.0 Å². The zero-order valence-electron chi connectivity index (χ0n) is 10.8. The average Bonchev–Trinajstić information content (AvgIpc) is 2.69. The summed E-state index contributed by atoms with van der Waals surface area (Å²) in [6, 6.07) is 0. The molecule has 0 spiro atoms. The number of esters is 1. The fourth-order valence-corrected chi connectivity index (χ4v) is 2.68. The maximum atomic E-state index is 11.6. The molecule has 17 heavy (non-hydrogen) atoms. The summed E-state index contributed by atoms with van der Waals surface area (Å²) in [5.41, 5.74) is 1.61. The minimum Gasteiger partial charge on any atom is -0.465 e. The quantitative estimate of drug-likeness (QED) is 0.753. The van der Waals surface area contributed by atoms with Gasteiger partial charge in [0, 0.05) is 6.54 Å². The van der Waals surface area contributed by atoms with E-state index in [1.54, 1.807) is 6.20 Å². The van der Waals surface area contributed by atoms with Crippen LogP contribution in [0, 0.1) is 11.8 Å². The van der Waals surface area contributed by atoms with Crippen molar-refractivity contribution in [3.05, 3.63) is 17.5 Å². The Labute approximate surface area is 102 Å². The number of aromatic nitrogens is 2. The molecule has 4 nitrogen and oxygen atoms in total. The molecule has 0 unspecified atom stereocenters. The summed E-state index contributed by atoms with van der Waals surface area (Å²) in [5.74, 6) is 1.29. The van der Waals surface area contributed by atoms with Gasteiger partial charge >= 0.3 is 5.97 Å². The zero-order chi connectivity index (χ0) is 12.4. The monoisotopic (exact) mass is 236 g/mol. The summed E-state index contributed by atoms with van der Waals surface area (Å²) in [6.07, 6.45) is 4.99. The molecule has 0 saturated heterocycles. The molecular formula is C13H20N2O2. The normalized spacial score (nSPS) is 23.2. The number of carbonyl (C=O) groups excluding carboxylic acids is 1. The largest absolute Gasteiger partial charge is 0.465 e. The van der Waals surface area contributed by atoms with Crippen LogP contribution in [0.15, 0.2) is 6.20 Å². The Bertz CT molecular complexity index is 406. The van der Waals surface area contributed by atoms with Gasteiger partial charge in [-0.15, -0.1) is 0 Å². The number of methoxy groups -OCH3 is 1. The van der Waals surface area contributed by atoms with E-state index in [2.05, 4.69) is 12.0 Å². The Kier molecular flexibility index (Phi) is 3.50. The van der Waals surface area contributed by atoms with E-state index in [0.717, 1.165) is 30.5 Å². The highest BCUT2D eigenvalue weighted by atomic mass is 16.5. The summed E-state index contributed by atoms with van der Waals surface area (Å²) < 4.78 is 6.74. The molecule has 4 heteroatoms. The first-order valence-electron chi connectivity index (χ1n) is 6.28. The van der Waals surface area contributed by atoms with Crippen LogP contribution in [0.25, 0.3) is 0 Å². The van der Waals surface area contributed by atoms with Crippen molar-refractivity contribution in [1.82, 2.24) is 9.78 Å². The Hall–Kier alpha value is -1.32. The summed E-state index contributed by atoms with van der Waals surface area (Å²) in [6.45, 7) is 5.26. The number of nitrogens with zero attached hydrogens (tertiary/aromatic N) is 2. The molecule has 1 aromatic heterocycles. The van der Waals surface area contributed by atoms with Gasteiger partial charge in [-0.1, -0.05) is 13.8 Å². The fraction of sp³-hybridized carbons (Fsp3) is 0.692. The van der Waals surface area contributed by atoms with Crippen molar-refractivity contribution in [2.75, 3.05) is 7.11 Å². The first-order valence-corrected chi connectivity index (χ1v) is 6.28. The third kappa shape index (κ3) is 2.35. The molecule has 1 aromatic rings. The molecule has 0 amide bonds. The molecule has 0 aliphatic heterocycles. The van der Waals surface area contributed by atoms with E-state index in [4.69, 9.17) is 4.74 Å². The van der Waals surface area contributed by atoms with E-state index in [-0.39, 0.29) is 5.97 Å². The molecule has 1 saturated carbocycles. The summed E-state index contributed by atoms with van der Waals surface area (Å²) in [4.78, 5) is 11.6. The van der Waals surface area contributed by atoms with Crippen molar-refractivity contribution < 1.29 is 9.53 Å². The number of hydrogen-bond donors (Lipinski definition) is 0. The van der Waals surface area contributed by atoms with Gasteiger partial charge in [0.1, 0.15) is 5.56 Å². The van der Waals surface area contributed by atoms with E-state index in [0.29, 0.717) is 5.56 Å². The summed E-state index contributed by atoms with van der Waals surface area (Å²) in [7, 11) is 1.41. The summed E-state index contributed by atoms with van der Waals surface area (Å²) >= 11 is 0. The van der Waals surface area contributed by atoms with Crippen LogP contribution in [0.3, 0.4) is 0 Å². The number of ether oxygens (including phenoxy) is 1. The Balaban J connectivity index is 2.12. The first-order chi connectivity index (χ1) is 8.15. The SMILES string of the molecule is CCc1c(C(=O)OC)cnn1CC1CC(C)C1. The minimum absolute atomic E-state index is 0.282. The van der Waals surface area contributed by atoms with Crippen molar-refractivity contribution in [3.63, 3.8) is 0 Å². The molecule has 0 bridgehead atoms. The van der Waals surface area contributed by atoms with E-state index in [9.17, 15) is 4.79 Å². The van der Waals surface area contributed by atoms with Gasteiger partial charge in [0.2, 0.25) is 0 Å². The van der Waals surface area contributed by atoms with Gasteiger partial charge in [-0.3, -0.25) is 4.68 Å². The third-order valence-electron chi connectivity index (χ3n) is 3.59. The van der Waals surface area contributed by atoms with Crippen molar-refractivity contribution >= 4 is 5.97 Å². The second-order valence-electron chi connectivity index (χ2n) is 4.97. The highest BCUT2D eigenvalue weighted by Gasteiger charge is 2.27. The van der Waals surface area contributed by atoms with E-state index in [1.807, 2.05) is 11.6 Å². The average molecular weight is 236 g/mol.